The summed E-state index contributed by atoms with van der Waals surface area (Å²) >= 11 is 0. The summed E-state index contributed by atoms with van der Waals surface area (Å²) < 4.78 is 5.56. The lowest BCUT2D eigenvalue weighted by Gasteiger charge is -2.37. The van der Waals surface area contributed by atoms with Crippen molar-refractivity contribution in [3.05, 3.63) is 96.2 Å². The summed E-state index contributed by atoms with van der Waals surface area (Å²) in [5.74, 6) is 1.07. The quantitative estimate of drug-likeness (QED) is 0.464. The third-order valence-corrected chi connectivity index (χ3v) is 6.49. The van der Waals surface area contributed by atoms with Crippen molar-refractivity contribution in [2.24, 2.45) is 0 Å². The van der Waals surface area contributed by atoms with Crippen molar-refractivity contribution in [1.29, 1.82) is 0 Å². The van der Waals surface area contributed by atoms with Crippen molar-refractivity contribution < 1.29 is 14.4 Å². The third-order valence-electron chi connectivity index (χ3n) is 6.49. The lowest BCUT2D eigenvalue weighted by Crippen LogP contribution is -3.15. The second-order valence-electron chi connectivity index (χ2n) is 8.27. The molecule has 162 valence electrons. The number of anilines is 1. The van der Waals surface area contributed by atoms with Crippen LogP contribution in [0.4, 0.5) is 5.69 Å². The lowest BCUT2D eigenvalue weighted by atomic mass is 9.95. The maximum absolute atomic E-state index is 13.9. The molecule has 32 heavy (non-hydrogen) atoms. The molecule has 0 aliphatic carbocycles. The number of methoxy groups -OCH3 is 1. The van der Waals surface area contributed by atoms with Crippen LogP contribution >= 0.6 is 0 Å². The number of aromatic nitrogens is 1. The number of Topliss-reactive ketones (excluding diaryl/α,β-unsaturated/α-hetero) is 1. The summed E-state index contributed by atoms with van der Waals surface area (Å²) in [5, 5.41) is 0.991. The SMILES string of the molecule is COc1ccccc1N1CC[NH+]([C@H](C(=O)c2c[nH]c3ccccc23)c2ccccc2)CC1. The van der Waals surface area contributed by atoms with E-state index in [9.17, 15) is 4.79 Å². The van der Waals surface area contributed by atoms with E-state index in [4.69, 9.17) is 4.74 Å². The third kappa shape index (κ3) is 3.76. The van der Waals surface area contributed by atoms with Gasteiger partial charge in [0.15, 0.2) is 6.04 Å². The van der Waals surface area contributed by atoms with Crippen molar-refractivity contribution >= 4 is 22.4 Å². The van der Waals surface area contributed by atoms with E-state index in [0.717, 1.165) is 59.6 Å². The predicted molar refractivity (Wildman–Crippen MR) is 128 cm³/mol. The van der Waals surface area contributed by atoms with E-state index < -0.39 is 0 Å². The van der Waals surface area contributed by atoms with Crippen LogP contribution < -0.4 is 14.5 Å². The number of nitrogens with zero attached hydrogens (tertiary/aromatic N) is 1. The fourth-order valence-corrected chi connectivity index (χ4v) is 4.86. The second-order valence-corrected chi connectivity index (χ2v) is 8.27. The number of H-pyrrole nitrogens is 1. The predicted octanol–water partition coefficient (Wildman–Crippen LogP) is 3.51. The Morgan fingerprint density at radius 2 is 1.62 bits per heavy atom. The summed E-state index contributed by atoms with van der Waals surface area (Å²) in [4.78, 5) is 20.8. The van der Waals surface area contributed by atoms with Gasteiger partial charge in [-0.2, -0.15) is 0 Å². The van der Waals surface area contributed by atoms with Crippen LogP contribution in [0.15, 0.2) is 85.1 Å². The highest BCUT2D eigenvalue weighted by Gasteiger charge is 2.36. The molecule has 0 amide bonds. The summed E-state index contributed by atoms with van der Waals surface area (Å²) in [6.07, 6.45) is 1.87. The minimum atomic E-state index is -0.227. The van der Waals surface area contributed by atoms with Crippen molar-refractivity contribution in [2.45, 2.75) is 6.04 Å². The summed E-state index contributed by atoms with van der Waals surface area (Å²) in [7, 11) is 1.71. The van der Waals surface area contributed by atoms with Gasteiger partial charge in [0.05, 0.1) is 39.0 Å². The number of quaternary nitrogens is 1. The number of hydrogen-bond acceptors (Lipinski definition) is 3. The second kappa shape index (κ2) is 8.89. The topological polar surface area (TPSA) is 49.8 Å². The van der Waals surface area contributed by atoms with Crippen molar-refractivity contribution in [2.75, 3.05) is 38.2 Å². The number of piperazine rings is 1. The molecule has 0 radical (unpaired) electrons. The largest absolute Gasteiger partial charge is 0.495 e. The normalized spacial score (nSPS) is 15.6. The Labute approximate surface area is 188 Å². The van der Waals surface area contributed by atoms with E-state index in [1.54, 1.807) is 7.11 Å². The van der Waals surface area contributed by atoms with Crippen molar-refractivity contribution in [3.63, 3.8) is 0 Å². The van der Waals surface area contributed by atoms with E-state index in [1.807, 2.05) is 66.9 Å². The summed E-state index contributed by atoms with van der Waals surface area (Å²) in [5.41, 5.74) is 3.96. The molecule has 1 atom stereocenters. The number of nitrogens with one attached hydrogen (secondary N) is 2. The van der Waals surface area contributed by atoms with Crippen LogP contribution in [0.3, 0.4) is 0 Å². The molecule has 1 aliphatic rings. The van der Waals surface area contributed by atoms with Gasteiger partial charge in [-0.05, 0) is 18.2 Å². The van der Waals surface area contributed by atoms with Gasteiger partial charge < -0.3 is 19.5 Å². The molecular weight excluding hydrogens is 398 g/mol. The fourth-order valence-electron chi connectivity index (χ4n) is 4.86. The first kappa shape index (κ1) is 20.3. The van der Waals surface area contributed by atoms with Gasteiger partial charge in [0.2, 0.25) is 5.78 Å². The molecule has 0 spiro atoms. The molecule has 5 rings (SSSR count). The number of ketones is 1. The molecule has 3 aromatic carbocycles. The molecule has 4 aromatic rings. The van der Waals surface area contributed by atoms with Crippen LogP contribution in [-0.2, 0) is 0 Å². The van der Waals surface area contributed by atoms with E-state index in [1.165, 1.54) is 4.90 Å². The molecule has 5 heteroatoms. The Bertz CT molecular complexity index is 1210. The Morgan fingerprint density at radius 1 is 0.938 bits per heavy atom. The van der Waals surface area contributed by atoms with E-state index in [0.29, 0.717) is 0 Å². The van der Waals surface area contributed by atoms with Gasteiger partial charge in [0.1, 0.15) is 5.75 Å². The van der Waals surface area contributed by atoms with Gasteiger partial charge in [-0.15, -0.1) is 0 Å². The van der Waals surface area contributed by atoms with Crippen LogP contribution in [-0.4, -0.2) is 44.1 Å². The zero-order chi connectivity index (χ0) is 21.9. The zero-order valence-electron chi connectivity index (χ0n) is 18.3. The zero-order valence-corrected chi connectivity index (χ0v) is 18.3. The fraction of sp³-hybridized carbons (Fsp3) is 0.222. The lowest BCUT2D eigenvalue weighted by molar-refractivity contribution is -0.921. The number of benzene rings is 3. The molecule has 1 aliphatic heterocycles. The Morgan fingerprint density at radius 3 is 2.41 bits per heavy atom. The maximum atomic E-state index is 13.9. The number of aromatic amines is 1. The molecule has 2 N–H and O–H groups in total. The highest BCUT2D eigenvalue weighted by Crippen LogP contribution is 2.28. The number of rotatable bonds is 6. The molecule has 1 saturated heterocycles. The van der Waals surface area contributed by atoms with Crippen LogP contribution in [0.5, 0.6) is 5.75 Å². The molecule has 2 heterocycles. The average molecular weight is 427 g/mol. The van der Waals surface area contributed by atoms with Crippen LogP contribution in [0.2, 0.25) is 0 Å². The highest BCUT2D eigenvalue weighted by atomic mass is 16.5. The molecular formula is C27H28N3O2+. The molecule has 5 nitrogen and oxygen atoms in total. The van der Waals surface area contributed by atoms with Crippen LogP contribution in [0, 0.1) is 0 Å². The standard InChI is InChI=1S/C27H27N3O2/c1-32-25-14-8-7-13-24(25)29-15-17-30(18-16-29)26(20-9-3-2-4-10-20)27(31)22-19-28-23-12-6-5-11-21(22)23/h2-14,19,26,28H,15-18H2,1H3/p+1/t26-/m0/s1. The molecule has 0 bridgehead atoms. The number of para-hydroxylation sites is 3. The van der Waals surface area contributed by atoms with E-state index >= 15 is 0 Å². The van der Waals surface area contributed by atoms with Crippen LogP contribution in [0.25, 0.3) is 10.9 Å². The van der Waals surface area contributed by atoms with Gasteiger partial charge in [-0.1, -0.05) is 60.7 Å². The van der Waals surface area contributed by atoms with Gasteiger partial charge in [0, 0.05) is 28.2 Å². The molecule has 1 fully saturated rings. The van der Waals surface area contributed by atoms with E-state index in [-0.39, 0.29) is 11.8 Å². The highest BCUT2D eigenvalue weighted by molar-refractivity contribution is 6.10. The van der Waals surface area contributed by atoms with Gasteiger partial charge >= 0.3 is 0 Å². The molecule has 1 aromatic heterocycles. The number of fused-ring (bicyclic) bond motifs is 1. The number of ether oxygens (including phenoxy) is 1. The van der Waals surface area contributed by atoms with E-state index in [2.05, 4.69) is 28.1 Å². The van der Waals surface area contributed by atoms with Gasteiger partial charge in [-0.25, -0.2) is 0 Å². The maximum Gasteiger partial charge on any atom is 0.226 e. The summed E-state index contributed by atoms with van der Waals surface area (Å²) in [6.45, 7) is 3.51. The number of carbonyl (C=O) groups excluding carboxylic acids is 1. The molecule has 0 unspecified atom stereocenters. The van der Waals surface area contributed by atoms with Crippen molar-refractivity contribution in [1.82, 2.24) is 4.98 Å². The first-order valence-electron chi connectivity index (χ1n) is 11.1. The smallest absolute Gasteiger partial charge is 0.226 e. The first-order chi connectivity index (χ1) is 15.8. The Balaban J connectivity index is 1.43. The average Bonchev–Trinajstić information content (AvgIpc) is 3.29. The summed E-state index contributed by atoms with van der Waals surface area (Å²) in [6, 6.07) is 26.2. The first-order valence-corrected chi connectivity index (χ1v) is 11.1. The van der Waals surface area contributed by atoms with Crippen molar-refractivity contribution in [3.8, 4) is 5.75 Å². The molecule has 0 saturated carbocycles. The Hall–Kier alpha value is -3.57. The van der Waals surface area contributed by atoms with Crippen LogP contribution in [0.1, 0.15) is 22.0 Å². The van der Waals surface area contributed by atoms with Gasteiger partial charge in [0.25, 0.3) is 0 Å². The van der Waals surface area contributed by atoms with Gasteiger partial charge in [-0.3, -0.25) is 4.79 Å². The minimum absolute atomic E-state index is 0.175. The number of hydrogen-bond donors (Lipinski definition) is 2. The number of carbonyl (C=O) groups is 1. The minimum Gasteiger partial charge on any atom is -0.495 e. The monoisotopic (exact) mass is 426 g/mol. The Kier molecular flexibility index (Phi) is 5.65.